The van der Waals surface area contributed by atoms with Gasteiger partial charge in [-0.2, -0.15) is 0 Å². The maximum absolute atomic E-state index is 12.3. The van der Waals surface area contributed by atoms with Gasteiger partial charge in [0.25, 0.3) is 11.8 Å². The Morgan fingerprint density at radius 2 is 1.73 bits per heavy atom. The van der Waals surface area contributed by atoms with Crippen molar-refractivity contribution in [3.63, 3.8) is 0 Å². The van der Waals surface area contributed by atoms with Gasteiger partial charge < -0.3 is 9.57 Å². The number of rotatable bonds is 2. The minimum absolute atomic E-state index is 0.0476. The smallest absolute Gasteiger partial charge is 0.336 e. The molecule has 2 aliphatic heterocycles. The lowest BCUT2D eigenvalue weighted by Crippen LogP contribution is -2.34. The van der Waals surface area contributed by atoms with Gasteiger partial charge in [0, 0.05) is 13.2 Å². The number of hydroxylamine groups is 2. The van der Waals surface area contributed by atoms with Crippen molar-refractivity contribution in [2.45, 2.75) is 19.3 Å². The molecule has 1 aromatic carbocycles. The summed E-state index contributed by atoms with van der Waals surface area (Å²) in [5.41, 5.74) is 0.502. The number of fused-ring (bicyclic) bond motifs is 1. The second-order valence-corrected chi connectivity index (χ2v) is 6.09. The fraction of sp³-hybridized carbons (Fsp3) is 0.438. The first-order chi connectivity index (χ1) is 10.6. The van der Waals surface area contributed by atoms with Crippen LogP contribution in [0, 0.1) is 11.3 Å². The summed E-state index contributed by atoms with van der Waals surface area (Å²) in [6.07, 6.45) is 2.40. The summed E-state index contributed by atoms with van der Waals surface area (Å²) in [4.78, 5) is 41.7. The largest absolute Gasteiger partial charge is 0.381 e. The third-order valence-electron chi connectivity index (χ3n) is 4.90. The fourth-order valence-electron chi connectivity index (χ4n) is 3.42. The SMILES string of the molecule is O=C(ON1C(=O)c2ccccc2C1=O)C1CC12CCOCC2. The highest BCUT2D eigenvalue weighted by atomic mass is 16.7. The van der Waals surface area contributed by atoms with Crippen LogP contribution in [-0.2, 0) is 14.4 Å². The third kappa shape index (κ3) is 1.87. The topological polar surface area (TPSA) is 72.9 Å². The van der Waals surface area contributed by atoms with E-state index in [1.54, 1.807) is 24.3 Å². The van der Waals surface area contributed by atoms with Crippen LogP contribution in [0.25, 0.3) is 0 Å². The average molecular weight is 301 g/mol. The third-order valence-corrected chi connectivity index (χ3v) is 4.90. The Hall–Kier alpha value is -2.21. The van der Waals surface area contributed by atoms with E-state index in [9.17, 15) is 14.4 Å². The standard InChI is InChI=1S/C16H15NO5/c18-13-10-3-1-2-4-11(10)14(19)17(13)22-15(20)12-9-16(12)5-7-21-8-6-16/h1-4,12H,5-9H2. The zero-order chi connectivity index (χ0) is 15.3. The molecule has 1 saturated carbocycles. The first-order valence-corrected chi connectivity index (χ1v) is 7.40. The molecule has 4 rings (SSSR count). The molecule has 0 bridgehead atoms. The number of nitrogens with zero attached hydrogens (tertiary/aromatic N) is 1. The molecular formula is C16H15NO5. The molecule has 2 heterocycles. The predicted octanol–water partition coefficient (Wildman–Crippen LogP) is 1.56. The van der Waals surface area contributed by atoms with Crippen LogP contribution in [0.3, 0.4) is 0 Å². The van der Waals surface area contributed by atoms with Gasteiger partial charge >= 0.3 is 5.97 Å². The van der Waals surface area contributed by atoms with Crippen LogP contribution in [0.15, 0.2) is 24.3 Å². The van der Waals surface area contributed by atoms with Crippen molar-refractivity contribution in [2.24, 2.45) is 11.3 Å². The molecule has 0 N–H and O–H groups in total. The Labute approximate surface area is 126 Å². The van der Waals surface area contributed by atoms with Gasteiger partial charge in [-0.15, -0.1) is 0 Å². The number of carbonyl (C=O) groups is 3. The summed E-state index contributed by atoms with van der Waals surface area (Å²) in [5, 5.41) is 0.596. The molecule has 0 radical (unpaired) electrons. The van der Waals surface area contributed by atoms with Gasteiger partial charge in [0.1, 0.15) is 0 Å². The molecule has 1 atom stereocenters. The van der Waals surface area contributed by atoms with Crippen molar-refractivity contribution in [1.29, 1.82) is 0 Å². The van der Waals surface area contributed by atoms with E-state index in [0.29, 0.717) is 18.3 Å². The molecule has 2 amide bonds. The fourth-order valence-corrected chi connectivity index (χ4v) is 3.42. The molecule has 22 heavy (non-hydrogen) atoms. The Kier molecular flexibility index (Phi) is 2.84. The van der Waals surface area contributed by atoms with Crippen LogP contribution in [-0.4, -0.2) is 36.1 Å². The summed E-state index contributed by atoms with van der Waals surface area (Å²) in [7, 11) is 0. The normalized spacial score (nSPS) is 25.3. The Morgan fingerprint density at radius 3 is 2.32 bits per heavy atom. The Bertz CT molecular complexity index is 642. The van der Waals surface area contributed by atoms with Gasteiger partial charge in [0.15, 0.2) is 0 Å². The molecule has 1 unspecified atom stereocenters. The molecule has 114 valence electrons. The monoisotopic (exact) mass is 301 g/mol. The lowest BCUT2D eigenvalue weighted by atomic mass is 9.94. The zero-order valence-corrected chi connectivity index (χ0v) is 11.9. The molecule has 3 aliphatic rings. The molecule has 6 heteroatoms. The summed E-state index contributed by atoms with van der Waals surface area (Å²) >= 11 is 0. The van der Waals surface area contributed by atoms with E-state index >= 15 is 0 Å². The lowest BCUT2D eigenvalue weighted by Gasteiger charge is -2.22. The quantitative estimate of drug-likeness (QED) is 0.775. The highest BCUT2D eigenvalue weighted by Crippen LogP contribution is 2.59. The van der Waals surface area contributed by atoms with Gasteiger partial charge in [-0.05, 0) is 36.8 Å². The first kappa shape index (κ1) is 13.5. The van der Waals surface area contributed by atoms with Crippen LogP contribution >= 0.6 is 0 Å². The molecule has 0 aromatic heterocycles. The van der Waals surface area contributed by atoms with Crippen molar-refractivity contribution in [3.05, 3.63) is 35.4 Å². The van der Waals surface area contributed by atoms with Crippen molar-refractivity contribution in [1.82, 2.24) is 5.06 Å². The lowest BCUT2D eigenvalue weighted by molar-refractivity contribution is -0.171. The van der Waals surface area contributed by atoms with Crippen molar-refractivity contribution < 1.29 is 24.0 Å². The van der Waals surface area contributed by atoms with Crippen LogP contribution in [0.4, 0.5) is 0 Å². The maximum atomic E-state index is 12.3. The molecule has 1 aliphatic carbocycles. The molecule has 6 nitrogen and oxygen atoms in total. The number of ether oxygens (including phenoxy) is 1. The van der Waals surface area contributed by atoms with Crippen molar-refractivity contribution >= 4 is 17.8 Å². The van der Waals surface area contributed by atoms with E-state index in [2.05, 4.69) is 0 Å². The van der Waals surface area contributed by atoms with Gasteiger partial charge in [0.2, 0.25) is 0 Å². The van der Waals surface area contributed by atoms with Gasteiger partial charge in [0.05, 0.1) is 17.0 Å². The summed E-state index contributed by atoms with van der Waals surface area (Å²) in [6.45, 7) is 1.30. The van der Waals surface area contributed by atoms with Crippen LogP contribution in [0.5, 0.6) is 0 Å². The molecule has 2 fully saturated rings. The highest BCUT2D eigenvalue weighted by molar-refractivity contribution is 6.20. The second kappa shape index (κ2) is 4.64. The zero-order valence-electron chi connectivity index (χ0n) is 11.9. The van der Waals surface area contributed by atoms with Crippen LogP contribution in [0.2, 0.25) is 0 Å². The minimum atomic E-state index is -0.573. The molecule has 1 aromatic rings. The van der Waals surface area contributed by atoms with E-state index in [-0.39, 0.29) is 22.5 Å². The molecule has 1 spiro atoms. The van der Waals surface area contributed by atoms with Gasteiger partial charge in [-0.3, -0.25) is 9.59 Å². The van der Waals surface area contributed by atoms with Gasteiger partial charge in [-0.1, -0.05) is 17.2 Å². The number of hydrogen-bond donors (Lipinski definition) is 0. The predicted molar refractivity (Wildman–Crippen MR) is 73.6 cm³/mol. The Balaban J connectivity index is 1.48. The number of hydrogen-bond acceptors (Lipinski definition) is 5. The van der Waals surface area contributed by atoms with E-state index in [1.807, 2.05) is 0 Å². The van der Waals surface area contributed by atoms with Gasteiger partial charge in [-0.25, -0.2) is 4.79 Å². The van der Waals surface area contributed by atoms with E-state index in [0.717, 1.165) is 19.3 Å². The van der Waals surface area contributed by atoms with Crippen molar-refractivity contribution in [3.8, 4) is 0 Å². The van der Waals surface area contributed by atoms with Crippen LogP contribution < -0.4 is 0 Å². The van der Waals surface area contributed by atoms with E-state index < -0.39 is 17.8 Å². The number of imide groups is 1. The van der Waals surface area contributed by atoms with Crippen LogP contribution in [0.1, 0.15) is 40.0 Å². The molecular weight excluding hydrogens is 286 g/mol. The minimum Gasteiger partial charge on any atom is -0.381 e. The number of benzene rings is 1. The summed E-state index contributed by atoms with van der Waals surface area (Å²) in [5.74, 6) is -1.87. The molecule has 1 saturated heterocycles. The van der Waals surface area contributed by atoms with Crippen molar-refractivity contribution in [2.75, 3.05) is 13.2 Å². The number of amides is 2. The second-order valence-electron chi connectivity index (χ2n) is 6.09. The van der Waals surface area contributed by atoms with E-state index in [1.165, 1.54) is 0 Å². The average Bonchev–Trinajstić information content (AvgIpc) is 3.19. The maximum Gasteiger partial charge on any atom is 0.336 e. The highest BCUT2D eigenvalue weighted by Gasteiger charge is 2.60. The summed E-state index contributed by atoms with van der Waals surface area (Å²) in [6, 6.07) is 6.46. The number of carbonyl (C=O) groups excluding carboxylic acids is 3. The Morgan fingerprint density at radius 1 is 1.14 bits per heavy atom. The first-order valence-electron chi connectivity index (χ1n) is 7.40. The van der Waals surface area contributed by atoms with E-state index in [4.69, 9.17) is 9.57 Å². The summed E-state index contributed by atoms with van der Waals surface area (Å²) < 4.78 is 5.31.